The summed E-state index contributed by atoms with van der Waals surface area (Å²) in [6.45, 7) is 3.51. The number of nitro benzene ring substituents is 1. The second-order valence-corrected chi connectivity index (χ2v) is 5.21. The van der Waals surface area contributed by atoms with Gasteiger partial charge in [0.05, 0.1) is 10.6 Å². The first kappa shape index (κ1) is 17.4. The molecule has 6 nitrogen and oxygen atoms in total. The van der Waals surface area contributed by atoms with Crippen LogP contribution in [0.4, 0.5) is 15.8 Å². The molecule has 0 aliphatic rings. The van der Waals surface area contributed by atoms with Gasteiger partial charge in [-0.1, -0.05) is 13.0 Å². The fourth-order valence-electron chi connectivity index (χ4n) is 2.07. The number of nitrogens with one attached hydrogen (secondary N) is 1. The van der Waals surface area contributed by atoms with E-state index in [1.807, 2.05) is 0 Å². The Balaban J connectivity index is 2.13. The van der Waals surface area contributed by atoms with Gasteiger partial charge in [0.15, 0.2) is 6.10 Å². The highest BCUT2D eigenvalue weighted by atomic mass is 19.1. The van der Waals surface area contributed by atoms with Gasteiger partial charge < -0.3 is 10.1 Å². The van der Waals surface area contributed by atoms with Gasteiger partial charge in [0.1, 0.15) is 11.6 Å². The van der Waals surface area contributed by atoms with Crippen molar-refractivity contribution in [1.29, 1.82) is 0 Å². The summed E-state index contributed by atoms with van der Waals surface area (Å²) in [6, 6.07) is 9.59. The zero-order chi connectivity index (χ0) is 17.7. The summed E-state index contributed by atoms with van der Waals surface area (Å²) in [5.41, 5.74) is 0.948. The first-order chi connectivity index (χ1) is 11.4. The Morgan fingerprint density at radius 3 is 2.54 bits per heavy atom. The third-order valence-electron chi connectivity index (χ3n) is 3.45. The number of non-ortho nitro benzene ring substituents is 1. The van der Waals surface area contributed by atoms with Crippen LogP contribution in [0.3, 0.4) is 0 Å². The third kappa shape index (κ3) is 4.28. The van der Waals surface area contributed by atoms with Crippen molar-refractivity contribution in [2.75, 3.05) is 5.32 Å². The molecule has 1 atom stereocenters. The fourth-order valence-corrected chi connectivity index (χ4v) is 2.07. The normalized spacial score (nSPS) is 11.6. The van der Waals surface area contributed by atoms with Gasteiger partial charge in [-0.2, -0.15) is 0 Å². The van der Waals surface area contributed by atoms with E-state index < -0.39 is 22.8 Å². The number of benzene rings is 2. The Morgan fingerprint density at radius 1 is 1.29 bits per heavy atom. The second-order valence-electron chi connectivity index (χ2n) is 5.21. The number of rotatable bonds is 6. The van der Waals surface area contributed by atoms with E-state index in [1.165, 1.54) is 36.4 Å². The minimum atomic E-state index is -0.797. The number of nitro groups is 1. The van der Waals surface area contributed by atoms with Crippen LogP contribution in [0.15, 0.2) is 42.5 Å². The third-order valence-corrected chi connectivity index (χ3v) is 3.45. The van der Waals surface area contributed by atoms with Crippen LogP contribution in [0.2, 0.25) is 0 Å². The quantitative estimate of drug-likeness (QED) is 0.644. The summed E-state index contributed by atoms with van der Waals surface area (Å²) in [7, 11) is 0. The molecule has 0 aromatic heterocycles. The number of carbonyl (C=O) groups excluding carboxylic acids is 1. The predicted octanol–water partition coefficient (Wildman–Crippen LogP) is 3.84. The number of anilines is 1. The van der Waals surface area contributed by atoms with E-state index in [0.717, 1.165) is 0 Å². The van der Waals surface area contributed by atoms with Crippen LogP contribution in [-0.4, -0.2) is 16.9 Å². The molecule has 24 heavy (non-hydrogen) atoms. The maximum absolute atomic E-state index is 12.9. The molecule has 0 aliphatic carbocycles. The van der Waals surface area contributed by atoms with Crippen molar-refractivity contribution in [3.8, 4) is 5.75 Å². The molecule has 2 rings (SSSR count). The van der Waals surface area contributed by atoms with E-state index in [9.17, 15) is 19.3 Å². The Bertz CT molecular complexity index is 747. The number of halogens is 1. The molecule has 126 valence electrons. The molecule has 7 heteroatoms. The highest BCUT2D eigenvalue weighted by molar-refractivity contribution is 5.95. The van der Waals surface area contributed by atoms with Crippen LogP contribution in [0.1, 0.15) is 18.9 Å². The number of ether oxygens (including phenoxy) is 1. The number of carbonyl (C=O) groups is 1. The van der Waals surface area contributed by atoms with Crippen molar-refractivity contribution in [3.63, 3.8) is 0 Å². The molecule has 2 aromatic rings. The van der Waals surface area contributed by atoms with Crippen LogP contribution < -0.4 is 10.1 Å². The average Bonchev–Trinajstić information content (AvgIpc) is 2.56. The van der Waals surface area contributed by atoms with Crippen LogP contribution in [0, 0.1) is 22.9 Å². The van der Waals surface area contributed by atoms with E-state index in [0.29, 0.717) is 23.4 Å². The fraction of sp³-hybridized carbons (Fsp3) is 0.235. The monoisotopic (exact) mass is 332 g/mol. The van der Waals surface area contributed by atoms with Crippen molar-refractivity contribution < 1.29 is 18.8 Å². The van der Waals surface area contributed by atoms with Crippen LogP contribution in [0.25, 0.3) is 0 Å². The molecular weight excluding hydrogens is 315 g/mol. The number of amides is 1. The molecule has 0 radical (unpaired) electrons. The average molecular weight is 332 g/mol. The number of aryl methyl sites for hydroxylation is 1. The van der Waals surface area contributed by atoms with Gasteiger partial charge in [-0.25, -0.2) is 4.39 Å². The predicted molar refractivity (Wildman–Crippen MR) is 87.6 cm³/mol. The van der Waals surface area contributed by atoms with Crippen LogP contribution >= 0.6 is 0 Å². The topological polar surface area (TPSA) is 81.5 Å². The van der Waals surface area contributed by atoms with E-state index in [1.54, 1.807) is 19.9 Å². The minimum Gasteiger partial charge on any atom is -0.481 e. The lowest BCUT2D eigenvalue weighted by Crippen LogP contribution is -2.32. The molecule has 0 saturated heterocycles. The van der Waals surface area contributed by atoms with Crippen molar-refractivity contribution >= 4 is 17.3 Å². The van der Waals surface area contributed by atoms with Gasteiger partial charge in [0.25, 0.3) is 11.6 Å². The van der Waals surface area contributed by atoms with Crippen LogP contribution in [0.5, 0.6) is 5.75 Å². The molecule has 0 aliphatic heterocycles. The molecule has 1 N–H and O–H groups in total. The highest BCUT2D eigenvalue weighted by Gasteiger charge is 2.20. The van der Waals surface area contributed by atoms with E-state index >= 15 is 0 Å². The maximum Gasteiger partial charge on any atom is 0.271 e. The summed E-state index contributed by atoms with van der Waals surface area (Å²) in [5, 5.41) is 13.5. The summed E-state index contributed by atoms with van der Waals surface area (Å²) in [6.07, 6.45) is -0.411. The van der Waals surface area contributed by atoms with Crippen molar-refractivity contribution in [3.05, 3.63) is 64.0 Å². The summed E-state index contributed by atoms with van der Waals surface area (Å²) in [5.74, 6) is -0.452. The first-order valence-corrected chi connectivity index (χ1v) is 7.39. The lowest BCUT2D eigenvalue weighted by Gasteiger charge is -2.18. The molecule has 1 amide bonds. The Labute approximate surface area is 138 Å². The zero-order valence-corrected chi connectivity index (χ0v) is 13.3. The number of nitrogens with zero attached hydrogens (tertiary/aromatic N) is 1. The molecular formula is C17H17FN2O4. The Kier molecular flexibility index (Phi) is 5.47. The Morgan fingerprint density at radius 2 is 1.96 bits per heavy atom. The SMILES string of the molecule is CC[C@@H](Oc1ccc(F)cc1)C(=O)Nc1cc([N+](=O)[O-])ccc1C. The van der Waals surface area contributed by atoms with Crippen molar-refractivity contribution in [2.24, 2.45) is 0 Å². The number of hydrogen-bond donors (Lipinski definition) is 1. The first-order valence-electron chi connectivity index (χ1n) is 7.39. The van der Waals surface area contributed by atoms with Gasteiger partial charge in [-0.05, 0) is 43.2 Å². The van der Waals surface area contributed by atoms with Crippen LogP contribution in [-0.2, 0) is 4.79 Å². The lowest BCUT2D eigenvalue weighted by atomic mass is 10.1. The summed E-state index contributed by atoms with van der Waals surface area (Å²) in [4.78, 5) is 22.7. The zero-order valence-electron chi connectivity index (χ0n) is 13.3. The van der Waals surface area contributed by atoms with Gasteiger partial charge in [0.2, 0.25) is 0 Å². The van der Waals surface area contributed by atoms with E-state index in [-0.39, 0.29) is 5.69 Å². The smallest absolute Gasteiger partial charge is 0.271 e. The van der Waals surface area contributed by atoms with Crippen molar-refractivity contribution in [1.82, 2.24) is 0 Å². The standard InChI is InChI=1S/C17H17FN2O4/c1-3-16(24-14-8-5-12(18)6-9-14)17(21)19-15-10-13(20(22)23)7-4-11(15)2/h4-10,16H,3H2,1-2H3,(H,19,21)/t16-/m1/s1. The number of hydrogen-bond acceptors (Lipinski definition) is 4. The molecule has 0 unspecified atom stereocenters. The summed E-state index contributed by atoms with van der Waals surface area (Å²) < 4.78 is 18.5. The van der Waals surface area contributed by atoms with Crippen molar-refractivity contribution in [2.45, 2.75) is 26.4 Å². The summed E-state index contributed by atoms with van der Waals surface area (Å²) >= 11 is 0. The Hall–Kier alpha value is -2.96. The van der Waals surface area contributed by atoms with Gasteiger partial charge in [-0.3, -0.25) is 14.9 Å². The lowest BCUT2D eigenvalue weighted by molar-refractivity contribution is -0.384. The molecule has 0 spiro atoms. The highest BCUT2D eigenvalue weighted by Crippen LogP contribution is 2.23. The molecule has 0 saturated carbocycles. The van der Waals surface area contributed by atoms with Gasteiger partial charge >= 0.3 is 0 Å². The second kappa shape index (κ2) is 7.54. The minimum absolute atomic E-state index is 0.108. The molecule has 0 bridgehead atoms. The van der Waals surface area contributed by atoms with E-state index in [2.05, 4.69) is 5.32 Å². The maximum atomic E-state index is 12.9. The molecule has 0 fully saturated rings. The van der Waals surface area contributed by atoms with Gasteiger partial charge in [-0.15, -0.1) is 0 Å². The molecule has 2 aromatic carbocycles. The largest absolute Gasteiger partial charge is 0.481 e. The molecule has 0 heterocycles. The van der Waals surface area contributed by atoms with Gasteiger partial charge in [0, 0.05) is 12.1 Å². The van der Waals surface area contributed by atoms with E-state index in [4.69, 9.17) is 4.74 Å².